The lowest BCUT2D eigenvalue weighted by Crippen LogP contribution is -2.07. The first-order chi connectivity index (χ1) is 9.52. The molecule has 0 fully saturated rings. The molecule has 0 aliphatic rings. The number of methoxy groups -OCH3 is 1. The molecule has 0 saturated carbocycles. The molecule has 1 aromatic heterocycles. The molecule has 1 aromatic carbocycles. The van der Waals surface area contributed by atoms with Crippen LogP contribution in [-0.4, -0.2) is 12.0 Å². The largest absolute Gasteiger partial charge is 0.495 e. The third-order valence-corrected chi connectivity index (χ3v) is 4.26. The van der Waals surface area contributed by atoms with Gasteiger partial charge in [0.15, 0.2) is 0 Å². The van der Waals surface area contributed by atoms with E-state index in [4.69, 9.17) is 4.74 Å². The Kier molecular flexibility index (Phi) is 4.24. The number of nitro benzene ring substituents is 1. The SMILES string of the molecule is COc1ccc([N+](=O)[O-])cc1NC(C)c1sccc1C. The number of ether oxygens (including phenoxy) is 1. The Balaban J connectivity index is 2.29. The zero-order valence-electron chi connectivity index (χ0n) is 11.5. The van der Waals surface area contributed by atoms with Crippen molar-refractivity contribution in [2.24, 2.45) is 0 Å². The predicted molar refractivity (Wildman–Crippen MR) is 80.7 cm³/mol. The molecule has 0 aliphatic carbocycles. The monoisotopic (exact) mass is 292 g/mol. The van der Waals surface area contributed by atoms with Gasteiger partial charge < -0.3 is 10.1 Å². The van der Waals surface area contributed by atoms with Crippen molar-refractivity contribution in [3.63, 3.8) is 0 Å². The lowest BCUT2D eigenvalue weighted by atomic mass is 10.1. The molecule has 1 N–H and O–H groups in total. The van der Waals surface area contributed by atoms with E-state index in [2.05, 4.69) is 18.3 Å². The second-order valence-electron chi connectivity index (χ2n) is 4.48. The van der Waals surface area contributed by atoms with Crippen LogP contribution in [0.2, 0.25) is 0 Å². The fourth-order valence-corrected chi connectivity index (χ4v) is 2.98. The topological polar surface area (TPSA) is 64.4 Å². The number of hydrogen-bond donors (Lipinski definition) is 1. The zero-order valence-corrected chi connectivity index (χ0v) is 12.4. The molecule has 106 valence electrons. The maximum Gasteiger partial charge on any atom is 0.271 e. The lowest BCUT2D eigenvalue weighted by molar-refractivity contribution is -0.384. The van der Waals surface area contributed by atoms with Crippen LogP contribution in [0.3, 0.4) is 0 Å². The number of nitrogens with one attached hydrogen (secondary N) is 1. The molecule has 0 bridgehead atoms. The van der Waals surface area contributed by atoms with Gasteiger partial charge in [-0.3, -0.25) is 10.1 Å². The van der Waals surface area contributed by atoms with Gasteiger partial charge in [0, 0.05) is 17.0 Å². The van der Waals surface area contributed by atoms with Crippen LogP contribution in [0.1, 0.15) is 23.4 Å². The fraction of sp³-hybridized carbons (Fsp3) is 0.286. The van der Waals surface area contributed by atoms with E-state index >= 15 is 0 Å². The molecule has 1 unspecified atom stereocenters. The Labute approximate surface area is 121 Å². The van der Waals surface area contributed by atoms with Crippen molar-refractivity contribution >= 4 is 22.7 Å². The number of aryl methyl sites for hydroxylation is 1. The summed E-state index contributed by atoms with van der Waals surface area (Å²) in [5.41, 5.74) is 1.88. The Hall–Kier alpha value is -2.08. The third kappa shape index (κ3) is 2.91. The number of nitro groups is 1. The van der Waals surface area contributed by atoms with Crippen LogP contribution in [0.4, 0.5) is 11.4 Å². The highest BCUT2D eigenvalue weighted by molar-refractivity contribution is 7.10. The average Bonchev–Trinajstić information content (AvgIpc) is 2.84. The zero-order chi connectivity index (χ0) is 14.7. The number of benzene rings is 1. The summed E-state index contributed by atoms with van der Waals surface area (Å²) in [6.45, 7) is 4.08. The molecule has 0 saturated heterocycles. The Morgan fingerprint density at radius 1 is 1.40 bits per heavy atom. The summed E-state index contributed by atoms with van der Waals surface area (Å²) in [6.07, 6.45) is 0. The van der Waals surface area contributed by atoms with Crippen molar-refractivity contribution < 1.29 is 9.66 Å². The van der Waals surface area contributed by atoms with Crippen molar-refractivity contribution in [1.82, 2.24) is 0 Å². The molecule has 0 radical (unpaired) electrons. The van der Waals surface area contributed by atoms with E-state index < -0.39 is 4.92 Å². The summed E-state index contributed by atoms with van der Waals surface area (Å²) >= 11 is 1.66. The summed E-state index contributed by atoms with van der Waals surface area (Å²) in [7, 11) is 1.55. The molecular weight excluding hydrogens is 276 g/mol. The van der Waals surface area contributed by atoms with E-state index in [0.717, 1.165) is 0 Å². The van der Waals surface area contributed by atoms with Crippen LogP contribution in [0.5, 0.6) is 5.75 Å². The predicted octanol–water partition coefficient (Wildman–Crippen LogP) is 4.15. The highest BCUT2D eigenvalue weighted by Crippen LogP contribution is 2.33. The van der Waals surface area contributed by atoms with Gasteiger partial charge in [-0.25, -0.2) is 0 Å². The molecule has 20 heavy (non-hydrogen) atoms. The molecule has 1 heterocycles. The maximum atomic E-state index is 10.9. The Morgan fingerprint density at radius 3 is 2.70 bits per heavy atom. The minimum absolute atomic E-state index is 0.0448. The minimum Gasteiger partial charge on any atom is -0.495 e. The summed E-state index contributed by atoms with van der Waals surface area (Å²) in [5.74, 6) is 0.594. The minimum atomic E-state index is -0.411. The first-order valence-electron chi connectivity index (χ1n) is 6.16. The number of thiophene rings is 1. The van der Waals surface area contributed by atoms with E-state index in [-0.39, 0.29) is 11.7 Å². The van der Waals surface area contributed by atoms with Gasteiger partial charge in [0.25, 0.3) is 5.69 Å². The Bertz CT molecular complexity index is 625. The maximum absolute atomic E-state index is 10.9. The van der Waals surface area contributed by atoms with Gasteiger partial charge >= 0.3 is 0 Å². The van der Waals surface area contributed by atoms with Crippen molar-refractivity contribution in [3.05, 3.63) is 50.2 Å². The molecule has 1 atom stereocenters. The van der Waals surface area contributed by atoms with Gasteiger partial charge in [0.1, 0.15) is 5.75 Å². The number of anilines is 1. The van der Waals surface area contributed by atoms with E-state index in [1.54, 1.807) is 24.5 Å². The molecule has 0 aliphatic heterocycles. The lowest BCUT2D eigenvalue weighted by Gasteiger charge is -2.17. The number of non-ortho nitro benzene ring substituents is 1. The average molecular weight is 292 g/mol. The number of rotatable bonds is 5. The summed E-state index contributed by atoms with van der Waals surface area (Å²) < 4.78 is 5.25. The Morgan fingerprint density at radius 2 is 2.15 bits per heavy atom. The van der Waals surface area contributed by atoms with Crippen molar-refractivity contribution in [3.8, 4) is 5.75 Å². The standard InChI is InChI=1S/C14H16N2O3S/c1-9-6-7-20-14(9)10(2)15-12-8-11(16(17)18)4-5-13(12)19-3/h4-8,10,15H,1-3H3. The highest BCUT2D eigenvalue weighted by Gasteiger charge is 2.15. The van der Waals surface area contributed by atoms with Crippen LogP contribution in [0.15, 0.2) is 29.6 Å². The molecule has 2 rings (SSSR count). The molecule has 2 aromatic rings. The molecule has 0 amide bonds. The normalized spacial score (nSPS) is 11.9. The molecule has 6 heteroatoms. The van der Waals surface area contributed by atoms with Gasteiger partial charge in [-0.1, -0.05) is 0 Å². The van der Waals surface area contributed by atoms with Crippen LogP contribution in [0.25, 0.3) is 0 Å². The van der Waals surface area contributed by atoms with Gasteiger partial charge in [0.05, 0.1) is 23.8 Å². The van der Waals surface area contributed by atoms with Gasteiger partial charge in [0.2, 0.25) is 0 Å². The summed E-state index contributed by atoms with van der Waals surface area (Å²) in [5, 5.41) is 16.2. The van der Waals surface area contributed by atoms with E-state index in [1.165, 1.54) is 22.6 Å². The first kappa shape index (κ1) is 14.3. The highest BCUT2D eigenvalue weighted by atomic mass is 32.1. The quantitative estimate of drug-likeness (QED) is 0.664. The summed E-state index contributed by atoms with van der Waals surface area (Å²) in [4.78, 5) is 11.7. The molecular formula is C14H16N2O3S. The third-order valence-electron chi connectivity index (χ3n) is 3.06. The first-order valence-corrected chi connectivity index (χ1v) is 7.04. The second-order valence-corrected chi connectivity index (χ2v) is 5.42. The molecule has 5 nitrogen and oxygen atoms in total. The smallest absolute Gasteiger partial charge is 0.271 e. The second kappa shape index (κ2) is 5.92. The van der Waals surface area contributed by atoms with Gasteiger partial charge in [-0.2, -0.15) is 0 Å². The molecule has 0 spiro atoms. The summed E-state index contributed by atoms with van der Waals surface area (Å²) in [6, 6.07) is 6.66. The van der Waals surface area contributed by atoms with Crippen LogP contribution in [-0.2, 0) is 0 Å². The van der Waals surface area contributed by atoms with E-state index in [0.29, 0.717) is 11.4 Å². The number of hydrogen-bond acceptors (Lipinski definition) is 5. The fourth-order valence-electron chi connectivity index (χ4n) is 2.05. The van der Waals surface area contributed by atoms with Crippen LogP contribution >= 0.6 is 11.3 Å². The van der Waals surface area contributed by atoms with Crippen LogP contribution < -0.4 is 10.1 Å². The van der Waals surface area contributed by atoms with Crippen molar-refractivity contribution in [2.75, 3.05) is 12.4 Å². The van der Waals surface area contributed by atoms with Crippen molar-refractivity contribution in [2.45, 2.75) is 19.9 Å². The van der Waals surface area contributed by atoms with E-state index in [9.17, 15) is 10.1 Å². The van der Waals surface area contributed by atoms with Gasteiger partial charge in [-0.05, 0) is 36.9 Å². The van der Waals surface area contributed by atoms with E-state index in [1.807, 2.05) is 12.3 Å². The number of nitrogens with zero attached hydrogens (tertiary/aromatic N) is 1. The van der Waals surface area contributed by atoms with Crippen molar-refractivity contribution in [1.29, 1.82) is 0 Å². The van der Waals surface area contributed by atoms with Gasteiger partial charge in [-0.15, -0.1) is 11.3 Å². The van der Waals surface area contributed by atoms with Crippen LogP contribution in [0, 0.1) is 17.0 Å².